The van der Waals surface area contributed by atoms with Crippen molar-refractivity contribution < 1.29 is 14.4 Å². The fraction of sp³-hybridized carbons (Fsp3) is 0.706. The Kier molecular flexibility index (Phi) is 6.62. The summed E-state index contributed by atoms with van der Waals surface area (Å²) >= 11 is 0. The minimum atomic E-state index is -0.226. The standard InChI is InChI=1S/C17H26N2O3/c20-15(18-14-8-4-1-2-5-9-14)10-6-3-7-13-19-16(21)11-12-17(19)22/h11-12,14H,1-10,13H2,(H,18,20). The lowest BCUT2D eigenvalue weighted by Crippen LogP contribution is -2.34. The first-order chi connectivity index (χ1) is 10.7. The minimum Gasteiger partial charge on any atom is -0.353 e. The minimum absolute atomic E-state index is 0.141. The van der Waals surface area contributed by atoms with E-state index in [-0.39, 0.29) is 17.7 Å². The number of carbonyl (C=O) groups excluding carboxylic acids is 3. The summed E-state index contributed by atoms with van der Waals surface area (Å²) in [7, 11) is 0. The molecule has 0 radical (unpaired) electrons. The third kappa shape index (κ3) is 5.28. The van der Waals surface area contributed by atoms with Crippen molar-refractivity contribution in [3.63, 3.8) is 0 Å². The fourth-order valence-corrected chi connectivity index (χ4v) is 3.11. The van der Waals surface area contributed by atoms with E-state index in [0.29, 0.717) is 19.0 Å². The van der Waals surface area contributed by atoms with Gasteiger partial charge in [-0.15, -0.1) is 0 Å². The zero-order chi connectivity index (χ0) is 15.8. The molecule has 0 aromatic heterocycles. The Labute approximate surface area is 132 Å². The predicted molar refractivity (Wildman–Crippen MR) is 84.0 cm³/mol. The van der Waals surface area contributed by atoms with E-state index in [1.165, 1.54) is 42.7 Å². The SMILES string of the molecule is O=C(CCCCCN1C(=O)C=CC1=O)NC1CCCCCC1. The number of imide groups is 1. The van der Waals surface area contributed by atoms with Crippen LogP contribution in [0.2, 0.25) is 0 Å². The van der Waals surface area contributed by atoms with Gasteiger partial charge >= 0.3 is 0 Å². The van der Waals surface area contributed by atoms with Crippen LogP contribution < -0.4 is 5.32 Å². The lowest BCUT2D eigenvalue weighted by atomic mass is 10.1. The van der Waals surface area contributed by atoms with Crippen LogP contribution in [-0.4, -0.2) is 35.2 Å². The molecule has 3 amide bonds. The summed E-state index contributed by atoms with van der Waals surface area (Å²) in [6, 6.07) is 0.362. The Morgan fingerprint density at radius 2 is 1.64 bits per heavy atom. The van der Waals surface area contributed by atoms with E-state index in [9.17, 15) is 14.4 Å². The second-order valence-electron chi connectivity index (χ2n) is 6.23. The molecule has 0 aromatic rings. The van der Waals surface area contributed by atoms with Gasteiger partial charge in [0.1, 0.15) is 0 Å². The summed E-state index contributed by atoms with van der Waals surface area (Å²) in [5.41, 5.74) is 0. The van der Waals surface area contributed by atoms with E-state index >= 15 is 0 Å². The topological polar surface area (TPSA) is 66.5 Å². The number of carbonyl (C=O) groups is 3. The Morgan fingerprint density at radius 1 is 1.00 bits per heavy atom. The summed E-state index contributed by atoms with van der Waals surface area (Å²) in [6.07, 6.45) is 12.8. The van der Waals surface area contributed by atoms with Crippen molar-refractivity contribution in [2.24, 2.45) is 0 Å². The van der Waals surface area contributed by atoms with Gasteiger partial charge in [-0.05, 0) is 25.7 Å². The molecule has 0 saturated heterocycles. The smallest absolute Gasteiger partial charge is 0.253 e. The molecule has 1 aliphatic carbocycles. The molecule has 0 unspecified atom stereocenters. The van der Waals surface area contributed by atoms with Gasteiger partial charge in [-0.2, -0.15) is 0 Å². The monoisotopic (exact) mass is 306 g/mol. The van der Waals surface area contributed by atoms with Gasteiger partial charge in [0.2, 0.25) is 5.91 Å². The Bertz CT molecular complexity index is 419. The zero-order valence-corrected chi connectivity index (χ0v) is 13.2. The second-order valence-corrected chi connectivity index (χ2v) is 6.23. The van der Waals surface area contributed by atoms with Gasteiger partial charge < -0.3 is 5.32 Å². The third-order valence-corrected chi connectivity index (χ3v) is 4.41. The van der Waals surface area contributed by atoms with E-state index in [1.54, 1.807) is 0 Å². The van der Waals surface area contributed by atoms with Crippen LogP contribution in [0.15, 0.2) is 12.2 Å². The maximum absolute atomic E-state index is 11.9. The molecule has 22 heavy (non-hydrogen) atoms. The van der Waals surface area contributed by atoms with Gasteiger partial charge in [-0.25, -0.2) is 0 Å². The van der Waals surface area contributed by atoms with Gasteiger partial charge in [0, 0.05) is 31.2 Å². The van der Waals surface area contributed by atoms with Gasteiger partial charge in [0.15, 0.2) is 0 Å². The summed E-state index contributed by atoms with van der Waals surface area (Å²) in [6.45, 7) is 0.453. The van der Waals surface area contributed by atoms with E-state index in [1.807, 2.05) is 0 Å². The Balaban J connectivity index is 1.53. The van der Waals surface area contributed by atoms with Crippen LogP contribution >= 0.6 is 0 Å². The summed E-state index contributed by atoms with van der Waals surface area (Å²) in [5, 5.41) is 3.14. The summed E-state index contributed by atoms with van der Waals surface area (Å²) < 4.78 is 0. The Hall–Kier alpha value is -1.65. The first kappa shape index (κ1) is 16.7. The molecule has 0 bridgehead atoms. The number of unbranched alkanes of at least 4 members (excludes halogenated alkanes) is 2. The molecule has 1 aliphatic heterocycles. The van der Waals surface area contributed by atoms with Crippen LogP contribution in [0.25, 0.3) is 0 Å². The molecule has 1 heterocycles. The number of nitrogens with one attached hydrogen (secondary N) is 1. The molecule has 2 aliphatic rings. The molecule has 0 atom stereocenters. The molecule has 1 N–H and O–H groups in total. The van der Waals surface area contributed by atoms with E-state index in [2.05, 4.69) is 5.32 Å². The summed E-state index contributed by atoms with van der Waals surface area (Å²) in [5.74, 6) is -0.311. The van der Waals surface area contributed by atoms with Gasteiger partial charge in [-0.1, -0.05) is 32.1 Å². The van der Waals surface area contributed by atoms with E-state index < -0.39 is 0 Å². The lowest BCUT2D eigenvalue weighted by molar-refractivity contribution is -0.137. The zero-order valence-electron chi connectivity index (χ0n) is 13.2. The van der Waals surface area contributed by atoms with Gasteiger partial charge in [-0.3, -0.25) is 19.3 Å². The fourth-order valence-electron chi connectivity index (χ4n) is 3.11. The second kappa shape index (κ2) is 8.71. The Morgan fingerprint density at radius 3 is 2.27 bits per heavy atom. The van der Waals surface area contributed by atoms with Crippen molar-refractivity contribution in [1.82, 2.24) is 10.2 Å². The predicted octanol–water partition coefficient (Wildman–Crippen LogP) is 2.31. The average Bonchev–Trinajstić information content (AvgIpc) is 2.70. The van der Waals surface area contributed by atoms with Crippen molar-refractivity contribution >= 4 is 17.7 Å². The lowest BCUT2D eigenvalue weighted by Gasteiger charge is -2.16. The molecule has 5 nitrogen and oxygen atoms in total. The molecule has 122 valence electrons. The average molecular weight is 306 g/mol. The molecule has 1 saturated carbocycles. The first-order valence-corrected chi connectivity index (χ1v) is 8.50. The van der Waals surface area contributed by atoms with E-state index in [0.717, 1.165) is 32.1 Å². The number of nitrogens with zero attached hydrogens (tertiary/aromatic N) is 1. The summed E-state index contributed by atoms with van der Waals surface area (Å²) in [4.78, 5) is 35.9. The largest absolute Gasteiger partial charge is 0.353 e. The van der Waals surface area contributed by atoms with Crippen LogP contribution in [0.4, 0.5) is 0 Å². The third-order valence-electron chi connectivity index (χ3n) is 4.41. The van der Waals surface area contributed by atoms with Crippen LogP contribution in [0.3, 0.4) is 0 Å². The normalized spacial score (nSPS) is 19.5. The van der Waals surface area contributed by atoms with E-state index in [4.69, 9.17) is 0 Å². The van der Waals surface area contributed by atoms with Crippen molar-refractivity contribution in [2.75, 3.05) is 6.54 Å². The highest BCUT2D eigenvalue weighted by atomic mass is 16.2. The molecular weight excluding hydrogens is 280 g/mol. The van der Waals surface area contributed by atoms with Crippen molar-refractivity contribution in [3.8, 4) is 0 Å². The molecular formula is C17H26N2O3. The maximum atomic E-state index is 11.9. The number of rotatable bonds is 7. The first-order valence-electron chi connectivity index (χ1n) is 8.50. The molecule has 0 aromatic carbocycles. The number of hydrogen-bond donors (Lipinski definition) is 1. The molecule has 1 fully saturated rings. The highest BCUT2D eigenvalue weighted by Crippen LogP contribution is 2.17. The van der Waals surface area contributed by atoms with Crippen molar-refractivity contribution in [3.05, 3.63) is 12.2 Å². The van der Waals surface area contributed by atoms with Crippen molar-refractivity contribution in [1.29, 1.82) is 0 Å². The van der Waals surface area contributed by atoms with Crippen LogP contribution in [-0.2, 0) is 14.4 Å². The maximum Gasteiger partial charge on any atom is 0.253 e. The van der Waals surface area contributed by atoms with Crippen LogP contribution in [0.1, 0.15) is 64.2 Å². The molecule has 2 rings (SSSR count). The van der Waals surface area contributed by atoms with Crippen molar-refractivity contribution in [2.45, 2.75) is 70.3 Å². The molecule has 0 spiro atoms. The van der Waals surface area contributed by atoms with Crippen LogP contribution in [0.5, 0.6) is 0 Å². The quantitative estimate of drug-likeness (QED) is 0.446. The van der Waals surface area contributed by atoms with Crippen LogP contribution in [0, 0.1) is 0 Å². The highest BCUT2D eigenvalue weighted by Gasteiger charge is 2.22. The number of amides is 3. The van der Waals surface area contributed by atoms with Gasteiger partial charge in [0.05, 0.1) is 0 Å². The highest BCUT2D eigenvalue weighted by molar-refractivity contribution is 6.12. The van der Waals surface area contributed by atoms with Gasteiger partial charge in [0.25, 0.3) is 11.8 Å². The molecule has 5 heteroatoms. The number of hydrogen-bond acceptors (Lipinski definition) is 3.